The van der Waals surface area contributed by atoms with Gasteiger partial charge in [-0.05, 0) is 77.5 Å². The summed E-state index contributed by atoms with van der Waals surface area (Å²) in [5, 5.41) is 25.1. The van der Waals surface area contributed by atoms with E-state index in [0.29, 0.717) is 0 Å². The van der Waals surface area contributed by atoms with Gasteiger partial charge in [-0.2, -0.15) is 0 Å². The van der Waals surface area contributed by atoms with Crippen molar-refractivity contribution in [2.75, 3.05) is 46.9 Å². The Hall–Kier alpha value is -1.67. The van der Waals surface area contributed by atoms with Crippen LogP contribution in [-0.2, 0) is 4.79 Å². The minimum Gasteiger partial charge on any atom is -0.497 e. The predicted octanol–water partition coefficient (Wildman–Crippen LogP) is 1.25. The third-order valence-electron chi connectivity index (χ3n) is 4.24. The topological polar surface area (TPSA) is 103 Å². The predicted molar refractivity (Wildman–Crippen MR) is 109 cm³/mol. The first-order valence-corrected chi connectivity index (χ1v) is 9.49. The number of hydrogen-bond donors (Lipinski definition) is 5. The number of hydrogen-bond acceptors (Lipinski definition) is 6. The van der Waals surface area contributed by atoms with Gasteiger partial charge in [-0.1, -0.05) is 17.7 Å². The molecule has 1 atom stereocenters. The highest BCUT2D eigenvalue weighted by Crippen LogP contribution is 2.09. The summed E-state index contributed by atoms with van der Waals surface area (Å²) in [7, 11) is 3.70. The summed E-state index contributed by atoms with van der Waals surface area (Å²) in [4.78, 5) is 8.36. The van der Waals surface area contributed by atoms with Gasteiger partial charge in [0.2, 0.25) is 0 Å². The van der Waals surface area contributed by atoms with Crippen LogP contribution in [0.2, 0.25) is 0 Å². The zero-order valence-corrected chi connectivity index (χ0v) is 16.9. The molecule has 156 valence electrons. The molecule has 0 bridgehead atoms. The molecule has 1 aromatic rings. The minimum absolute atomic E-state index is 0.0648. The van der Waals surface area contributed by atoms with Gasteiger partial charge < -0.3 is 30.9 Å². The van der Waals surface area contributed by atoms with E-state index in [1.807, 2.05) is 31.3 Å². The van der Waals surface area contributed by atoms with Crippen LogP contribution in [0.1, 0.15) is 24.8 Å². The van der Waals surface area contributed by atoms with Crippen LogP contribution in [0.25, 0.3) is 0 Å². The summed E-state index contributed by atoms with van der Waals surface area (Å²) in [5.74, 6) is 1.84. The molecule has 2 saturated heterocycles. The summed E-state index contributed by atoms with van der Waals surface area (Å²) in [6.07, 6.45) is 3.56. The molecule has 1 aromatic carbocycles. The lowest BCUT2D eigenvalue weighted by Gasteiger charge is -2.21. The molecule has 0 aliphatic carbocycles. The molecule has 0 amide bonds. The van der Waals surface area contributed by atoms with Crippen LogP contribution in [-0.4, -0.2) is 69.7 Å². The van der Waals surface area contributed by atoms with Gasteiger partial charge in [-0.15, -0.1) is 0 Å². The summed E-state index contributed by atoms with van der Waals surface area (Å²) in [6.45, 7) is 7.21. The summed E-state index contributed by atoms with van der Waals surface area (Å²) < 4.78 is 4.97. The smallest absolute Gasteiger partial charge is 0.290 e. The number of aliphatic hydroxyl groups is 1. The largest absolute Gasteiger partial charge is 0.497 e. The maximum atomic E-state index is 8.67. The van der Waals surface area contributed by atoms with Gasteiger partial charge in [0.15, 0.2) is 0 Å². The average molecular weight is 384 g/mol. The van der Waals surface area contributed by atoms with E-state index in [4.69, 9.17) is 19.7 Å². The first-order chi connectivity index (χ1) is 13.1. The van der Waals surface area contributed by atoms with Crippen LogP contribution in [0, 0.1) is 12.8 Å². The number of β-amino-alcohol motifs (C(OH)–C–C–N with tert-alkyl or cyclic N) is 1. The summed E-state index contributed by atoms with van der Waals surface area (Å²) >= 11 is 0. The van der Waals surface area contributed by atoms with Crippen LogP contribution in [0.15, 0.2) is 24.3 Å². The molecule has 27 heavy (non-hydrogen) atoms. The SMILES string of the molecule is CNCC1CCNCC1.COc1ccc(C)cc1.O=CO.OC1CCNC1. The zero-order valence-electron chi connectivity index (χ0n) is 16.9. The number of methoxy groups -OCH3 is 1. The van der Waals surface area contributed by atoms with Crippen LogP contribution in [0.5, 0.6) is 5.75 Å². The Labute approximate surface area is 163 Å². The third kappa shape index (κ3) is 15.1. The van der Waals surface area contributed by atoms with Gasteiger partial charge in [-0.3, -0.25) is 4.79 Å². The number of nitrogens with one attached hydrogen (secondary N) is 3. The number of benzene rings is 1. The Morgan fingerprint density at radius 3 is 2.07 bits per heavy atom. The van der Waals surface area contributed by atoms with Crippen molar-refractivity contribution >= 4 is 6.47 Å². The van der Waals surface area contributed by atoms with E-state index in [1.165, 1.54) is 38.0 Å². The molecule has 0 radical (unpaired) electrons. The Morgan fingerprint density at radius 2 is 1.70 bits per heavy atom. The number of piperidine rings is 1. The van der Waals surface area contributed by atoms with Crippen molar-refractivity contribution in [3.05, 3.63) is 29.8 Å². The van der Waals surface area contributed by atoms with Crippen LogP contribution < -0.4 is 20.7 Å². The number of aryl methyl sites for hydroxylation is 1. The van der Waals surface area contributed by atoms with Crippen molar-refractivity contribution in [2.24, 2.45) is 5.92 Å². The van der Waals surface area contributed by atoms with Crippen molar-refractivity contribution in [1.29, 1.82) is 0 Å². The zero-order chi connectivity index (χ0) is 20.3. The lowest BCUT2D eigenvalue weighted by molar-refractivity contribution is -0.122. The van der Waals surface area contributed by atoms with Gasteiger partial charge in [0.05, 0.1) is 13.2 Å². The van der Waals surface area contributed by atoms with E-state index in [9.17, 15) is 0 Å². The molecule has 2 aliphatic rings. The van der Waals surface area contributed by atoms with Gasteiger partial charge >= 0.3 is 0 Å². The third-order valence-corrected chi connectivity index (χ3v) is 4.24. The number of carbonyl (C=O) groups is 1. The van der Waals surface area contributed by atoms with Crippen molar-refractivity contribution < 1.29 is 19.7 Å². The first-order valence-electron chi connectivity index (χ1n) is 9.49. The first kappa shape index (κ1) is 25.3. The standard InChI is InChI=1S/C8H10O.C7H16N2.C4H9NO.CH2O2/c1-7-3-5-8(9-2)6-4-7;1-8-6-7-2-4-9-5-3-7;6-4-1-2-5-3-4;2-1-3/h3-6H,1-2H3;7-9H,2-6H2,1H3;4-6H,1-3H2;1H,(H,2,3). The molecule has 7 heteroatoms. The van der Waals surface area contributed by atoms with Crippen LogP contribution in [0.3, 0.4) is 0 Å². The molecule has 2 heterocycles. The highest BCUT2D eigenvalue weighted by atomic mass is 16.5. The maximum Gasteiger partial charge on any atom is 0.290 e. The molecular formula is C20H37N3O4. The number of rotatable bonds is 3. The average Bonchev–Trinajstić information content (AvgIpc) is 3.16. The van der Waals surface area contributed by atoms with E-state index < -0.39 is 0 Å². The lowest BCUT2D eigenvalue weighted by Crippen LogP contribution is -2.32. The summed E-state index contributed by atoms with van der Waals surface area (Å²) in [5.41, 5.74) is 1.26. The van der Waals surface area contributed by atoms with E-state index in [1.54, 1.807) is 7.11 Å². The van der Waals surface area contributed by atoms with Crippen LogP contribution in [0.4, 0.5) is 0 Å². The van der Waals surface area contributed by atoms with E-state index in [-0.39, 0.29) is 12.6 Å². The van der Waals surface area contributed by atoms with Gasteiger partial charge in [0, 0.05) is 6.54 Å². The highest BCUT2D eigenvalue weighted by Gasteiger charge is 2.10. The molecule has 0 saturated carbocycles. The monoisotopic (exact) mass is 383 g/mol. The molecule has 7 nitrogen and oxygen atoms in total. The molecular weight excluding hydrogens is 346 g/mol. The number of ether oxygens (including phenoxy) is 1. The van der Waals surface area contributed by atoms with Gasteiger partial charge in [0.25, 0.3) is 6.47 Å². The fraction of sp³-hybridized carbons (Fsp3) is 0.650. The van der Waals surface area contributed by atoms with Crippen molar-refractivity contribution in [3.63, 3.8) is 0 Å². The Bertz CT molecular complexity index is 442. The molecule has 3 rings (SSSR count). The maximum absolute atomic E-state index is 8.67. The van der Waals surface area contributed by atoms with Crippen molar-refractivity contribution in [1.82, 2.24) is 16.0 Å². The van der Waals surface area contributed by atoms with E-state index >= 15 is 0 Å². The highest BCUT2D eigenvalue weighted by molar-refractivity contribution is 5.32. The lowest BCUT2D eigenvalue weighted by atomic mass is 9.98. The second-order valence-electron chi connectivity index (χ2n) is 6.52. The molecule has 2 fully saturated rings. The van der Waals surface area contributed by atoms with Crippen LogP contribution >= 0.6 is 0 Å². The molecule has 0 spiro atoms. The normalized spacial score (nSPS) is 18.6. The number of carboxylic acid groups (broad SMARTS) is 1. The van der Waals surface area contributed by atoms with Crippen molar-refractivity contribution in [3.8, 4) is 5.75 Å². The van der Waals surface area contributed by atoms with Gasteiger partial charge in [0.1, 0.15) is 5.75 Å². The number of aliphatic hydroxyl groups excluding tert-OH is 1. The molecule has 1 unspecified atom stereocenters. The summed E-state index contributed by atoms with van der Waals surface area (Å²) in [6, 6.07) is 7.96. The molecule has 0 aromatic heterocycles. The Morgan fingerprint density at radius 1 is 1.15 bits per heavy atom. The van der Waals surface area contributed by atoms with E-state index in [0.717, 1.165) is 31.2 Å². The Balaban J connectivity index is 0.000000356. The second-order valence-corrected chi connectivity index (χ2v) is 6.52. The fourth-order valence-corrected chi connectivity index (χ4v) is 2.69. The minimum atomic E-state index is -0.250. The second kappa shape index (κ2) is 17.7. The molecule has 2 aliphatic heterocycles. The van der Waals surface area contributed by atoms with Gasteiger partial charge in [-0.25, -0.2) is 0 Å². The van der Waals surface area contributed by atoms with Crippen molar-refractivity contribution in [2.45, 2.75) is 32.3 Å². The van der Waals surface area contributed by atoms with E-state index in [2.05, 4.69) is 22.9 Å². The quantitative estimate of drug-likeness (QED) is 0.501. The Kier molecular flexibility index (Phi) is 16.6. The molecule has 5 N–H and O–H groups in total. The fourth-order valence-electron chi connectivity index (χ4n) is 2.69.